The van der Waals surface area contributed by atoms with Gasteiger partial charge in [-0.25, -0.2) is 9.07 Å². The van der Waals surface area contributed by atoms with Gasteiger partial charge in [0.1, 0.15) is 5.82 Å². The number of carboxylic acids is 1. The Morgan fingerprint density at radius 2 is 1.83 bits per heavy atom. The number of halogens is 1. The van der Waals surface area contributed by atoms with Crippen molar-refractivity contribution < 1.29 is 58.9 Å². The number of hydrogen-bond donors (Lipinski definition) is 2. The molecule has 0 unspecified atom stereocenters. The Labute approximate surface area is 227 Å². The number of aliphatic hydroxyl groups is 2. The summed E-state index contributed by atoms with van der Waals surface area (Å²) in [6.45, 7) is 3.94. The van der Waals surface area contributed by atoms with Crippen molar-refractivity contribution in [3.05, 3.63) is 47.0 Å². The van der Waals surface area contributed by atoms with E-state index in [1.165, 1.54) is 12.1 Å². The molecule has 0 bridgehead atoms. The molecule has 1 aliphatic rings. The van der Waals surface area contributed by atoms with Crippen molar-refractivity contribution in [2.45, 2.75) is 83.0 Å². The Balaban J connectivity index is 0.00000432. The molecule has 2 atom stereocenters. The zero-order valence-electron chi connectivity index (χ0n) is 20.9. The first-order chi connectivity index (χ1) is 16.1. The van der Waals surface area contributed by atoms with Crippen molar-refractivity contribution >= 4 is 11.9 Å². The van der Waals surface area contributed by atoms with E-state index in [9.17, 15) is 29.3 Å². The molecule has 1 heterocycles. The van der Waals surface area contributed by atoms with Crippen LogP contribution in [0.3, 0.4) is 0 Å². The van der Waals surface area contributed by atoms with E-state index >= 15 is 0 Å². The van der Waals surface area contributed by atoms with Gasteiger partial charge in [0.2, 0.25) is 0 Å². The van der Waals surface area contributed by atoms with Gasteiger partial charge in [0.05, 0.1) is 17.9 Å². The van der Waals surface area contributed by atoms with Gasteiger partial charge >= 0.3 is 29.6 Å². The molecule has 8 nitrogen and oxygen atoms in total. The number of nitrogens with zero attached hydrogens (tertiary/aromatic N) is 3. The number of aromatic nitrogens is 2. The fourth-order valence-corrected chi connectivity index (χ4v) is 4.38. The summed E-state index contributed by atoms with van der Waals surface area (Å²) in [5, 5.41) is 35.6. The molecule has 2 aromatic rings. The van der Waals surface area contributed by atoms with Crippen LogP contribution in [0, 0.1) is 5.82 Å². The number of carbonyl (C=O) groups is 2. The number of carboxylic acid groups (broad SMARTS) is 1. The third kappa shape index (κ3) is 7.36. The van der Waals surface area contributed by atoms with Crippen molar-refractivity contribution in [1.29, 1.82) is 0 Å². The first-order valence-corrected chi connectivity index (χ1v) is 11.8. The fourth-order valence-electron chi connectivity index (χ4n) is 4.38. The molecule has 0 radical (unpaired) electrons. The van der Waals surface area contributed by atoms with Gasteiger partial charge < -0.3 is 25.0 Å². The summed E-state index contributed by atoms with van der Waals surface area (Å²) in [5.74, 6) is -1.98. The average molecular weight is 498 g/mol. The molecule has 186 valence electrons. The maximum absolute atomic E-state index is 13.6. The van der Waals surface area contributed by atoms with Gasteiger partial charge in [0, 0.05) is 36.7 Å². The first-order valence-electron chi connectivity index (χ1n) is 11.8. The van der Waals surface area contributed by atoms with Gasteiger partial charge in [-0.2, -0.15) is 5.10 Å². The second-order valence-electron chi connectivity index (χ2n) is 9.41. The number of benzene rings is 1. The number of rotatable bonds is 11. The van der Waals surface area contributed by atoms with Crippen molar-refractivity contribution in [2.24, 2.45) is 0 Å². The van der Waals surface area contributed by atoms with Crippen LogP contribution in [-0.4, -0.2) is 62.1 Å². The minimum atomic E-state index is -1.38. The standard InChI is InChI=1S/C25H34FN3O5.Na/c1-15(2)23-21(12-11-19(30)13-20(31)14-22(32)33)29(18-9-7-16(26)8-10-18)27-24(23)25(34)28(3)17-5-4-6-17;/h7-10,15,17,19-20,30-31H,4-6,11-14H2,1-3H3,(H,32,33);/q;+1/p-1/t19-,20-;/m1./s1. The van der Waals surface area contributed by atoms with Crippen LogP contribution in [0.2, 0.25) is 0 Å². The summed E-state index contributed by atoms with van der Waals surface area (Å²) in [6, 6.07) is 6.00. The number of carbonyl (C=O) groups excluding carboxylic acids is 2. The molecular formula is C25H33FN3NaO5. The van der Waals surface area contributed by atoms with E-state index in [1.807, 2.05) is 13.8 Å². The van der Waals surface area contributed by atoms with Crippen LogP contribution in [0.15, 0.2) is 24.3 Å². The maximum Gasteiger partial charge on any atom is 1.00 e. The van der Waals surface area contributed by atoms with Gasteiger partial charge in [-0.3, -0.25) is 4.79 Å². The van der Waals surface area contributed by atoms with Crippen molar-refractivity contribution in [3.63, 3.8) is 0 Å². The van der Waals surface area contributed by atoms with Crippen LogP contribution in [0.4, 0.5) is 4.39 Å². The van der Waals surface area contributed by atoms with E-state index in [1.54, 1.807) is 28.8 Å². The van der Waals surface area contributed by atoms with Gasteiger partial charge in [-0.15, -0.1) is 0 Å². The van der Waals surface area contributed by atoms with E-state index in [2.05, 4.69) is 5.10 Å². The van der Waals surface area contributed by atoms with Gasteiger partial charge in [-0.05, 0) is 68.7 Å². The molecule has 0 spiro atoms. The summed E-state index contributed by atoms with van der Waals surface area (Å²) < 4.78 is 15.2. The van der Waals surface area contributed by atoms with Gasteiger partial charge in [-0.1, -0.05) is 13.8 Å². The minimum absolute atomic E-state index is 0. The molecule has 1 aromatic heterocycles. The average Bonchev–Trinajstić information content (AvgIpc) is 3.10. The normalized spacial score (nSPS) is 15.3. The Morgan fingerprint density at radius 1 is 1.20 bits per heavy atom. The quantitative estimate of drug-likeness (QED) is 0.383. The molecule has 35 heavy (non-hydrogen) atoms. The molecular weight excluding hydrogens is 464 g/mol. The Morgan fingerprint density at radius 3 is 2.34 bits per heavy atom. The topological polar surface area (TPSA) is 119 Å². The summed E-state index contributed by atoms with van der Waals surface area (Å²) in [4.78, 5) is 25.8. The second kappa shape index (κ2) is 13.0. The third-order valence-electron chi connectivity index (χ3n) is 6.48. The van der Waals surface area contributed by atoms with Crippen LogP contribution >= 0.6 is 0 Å². The van der Waals surface area contributed by atoms with E-state index < -0.39 is 24.6 Å². The van der Waals surface area contributed by atoms with Crippen molar-refractivity contribution in [2.75, 3.05) is 7.05 Å². The van der Waals surface area contributed by atoms with E-state index in [0.717, 1.165) is 30.5 Å². The predicted octanol–water partition coefficient (Wildman–Crippen LogP) is -1.05. The molecule has 0 aliphatic heterocycles. The molecule has 10 heteroatoms. The number of amides is 1. The zero-order chi connectivity index (χ0) is 25.0. The maximum atomic E-state index is 13.6. The van der Waals surface area contributed by atoms with Gasteiger partial charge in [0.15, 0.2) is 5.69 Å². The summed E-state index contributed by atoms with van der Waals surface area (Å²) in [6.07, 6.45) is 0.759. The van der Waals surface area contributed by atoms with Crippen LogP contribution < -0.4 is 34.7 Å². The van der Waals surface area contributed by atoms with Crippen molar-refractivity contribution in [1.82, 2.24) is 14.7 Å². The summed E-state index contributed by atoms with van der Waals surface area (Å²) in [7, 11) is 1.79. The molecule has 1 aromatic carbocycles. The molecule has 1 aliphatic carbocycles. The minimum Gasteiger partial charge on any atom is -0.550 e. The third-order valence-corrected chi connectivity index (χ3v) is 6.48. The Hall–Kier alpha value is -1.78. The van der Waals surface area contributed by atoms with Gasteiger partial charge in [0.25, 0.3) is 5.91 Å². The van der Waals surface area contributed by atoms with Crippen LogP contribution in [0.1, 0.15) is 80.0 Å². The number of aliphatic carboxylic acids is 1. The van der Waals surface area contributed by atoms with E-state index in [0.29, 0.717) is 17.8 Å². The van der Waals surface area contributed by atoms with E-state index in [-0.39, 0.29) is 66.1 Å². The zero-order valence-corrected chi connectivity index (χ0v) is 22.9. The monoisotopic (exact) mass is 497 g/mol. The van der Waals surface area contributed by atoms with Crippen LogP contribution in [0.5, 0.6) is 0 Å². The first kappa shape index (κ1) is 29.5. The number of aliphatic hydroxyl groups excluding tert-OH is 2. The molecule has 1 amide bonds. The van der Waals surface area contributed by atoms with Crippen LogP contribution in [-0.2, 0) is 11.2 Å². The molecule has 0 saturated heterocycles. The summed E-state index contributed by atoms with van der Waals surface area (Å²) in [5.41, 5.74) is 2.42. The fraction of sp³-hybridized carbons (Fsp3) is 0.560. The smallest absolute Gasteiger partial charge is 0.550 e. The Bertz CT molecular complexity index is 1010. The molecule has 3 rings (SSSR count). The number of hydrogen-bond acceptors (Lipinski definition) is 6. The summed E-state index contributed by atoms with van der Waals surface area (Å²) >= 11 is 0. The van der Waals surface area contributed by atoms with Crippen molar-refractivity contribution in [3.8, 4) is 5.69 Å². The predicted molar refractivity (Wildman–Crippen MR) is 122 cm³/mol. The van der Waals surface area contributed by atoms with Crippen LogP contribution in [0.25, 0.3) is 5.69 Å². The molecule has 2 N–H and O–H groups in total. The second-order valence-corrected chi connectivity index (χ2v) is 9.41. The molecule has 1 saturated carbocycles. The Kier molecular flexibility index (Phi) is 10.9. The largest absolute Gasteiger partial charge is 1.00 e. The van der Waals surface area contributed by atoms with E-state index in [4.69, 9.17) is 0 Å². The SMILES string of the molecule is CC(C)c1c(C(=O)N(C)C2CCC2)nn(-c2ccc(F)cc2)c1CC[C@@H](O)C[C@@H](O)CC(=O)[O-].[Na+]. The molecule has 1 fully saturated rings.